The first kappa shape index (κ1) is 26.2. The van der Waals surface area contributed by atoms with Gasteiger partial charge in [0, 0.05) is 11.4 Å². The fraction of sp³-hybridized carbons (Fsp3) is 0.417. The summed E-state index contributed by atoms with van der Waals surface area (Å²) in [5.74, 6) is -1.66. The molecule has 2 aromatic carbocycles. The highest BCUT2D eigenvalue weighted by atomic mass is 32.2. The molecular weight excluding hydrogens is 444 g/mol. The molecule has 0 aliphatic heterocycles. The van der Waals surface area contributed by atoms with Gasteiger partial charge in [-0.15, -0.1) is 0 Å². The van der Waals surface area contributed by atoms with E-state index in [-0.39, 0.29) is 0 Å². The van der Waals surface area contributed by atoms with Gasteiger partial charge in [-0.05, 0) is 61.4 Å². The highest BCUT2D eigenvalue weighted by Gasteiger charge is 2.21. The van der Waals surface area contributed by atoms with Crippen molar-refractivity contribution < 1.29 is 27.5 Å². The number of carbonyl (C=O) groups is 2. The lowest BCUT2D eigenvalue weighted by Crippen LogP contribution is -2.30. The van der Waals surface area contributed by atoms with Crippen LogP contribution in [0.2, 0.25) is 0 Å². The summed E-state index contributed by atoms with van der Waals surface area (Å²) < 4.78 is 35.6. The van der Waals surface area contributed by atoms with Gasteiger partial charge in [-0.2, -0.15) is 0 Å². The minimum absolute atomic E-state index is 0.448. The van der Waals surface area contributed by atoms with Gasteiger partial charge in [0.05, 0.1) is 13.2 Å². The molecule has 0 aliphatic rings. The molecule has 180 valence electrons. The monoisotopic (exact) mass is 476 g/mol. The molecule has 8 nitrogen and oxygen atoms in total. The van der Waals surface area contributed by atoms with E-state index in [1.165, 1.54) is 0 Å². The van der Waals surface area contributed by atoms with Crippen molar-refractivity contribution in [3.05, 3.63) is 48.5 Å². The Hall–Kier alpha value is -3.07. The lowest BCUT2D eigenvalue weighted by atomic mass is 10.3. The quantitative estimate of drug-likeness (QED) is 0.398. The molecule has 0 fully saturated rings. The van der Waals surface area contributed by atoms with Gasteiger partial charge in [0.15, 0.2) is 9.84 Å². The molecule has 0 spiro atoms. The Balaban J connectivity index is 1.79. The van der Waals surface area contributed by atoms with E-state index in [1.54, 1.807) is 48.5 Å². The Morgan fingerprint density at radius 3 is 1.39 bits per heavy atom. The summed E-state index contributed by atoms with van der Waals surface area (Å²) in [6, 6.07) is 13.3. The first-order chi connectivity index (χ1) is 15.8. The fourth-order valence-electron chi connectivity index (χ4n) is 2.78. The summed E-state index contributed by atoms with van der Waals surface area (Å²) in [7, 11) is -3.94. The van der Waals surface area contributed by atoms with Crippen LogP contribution in [-0.4, -0.2) is 45.0 Å². The van der Waals surface area contributed by atoms with E-state index in [9.17, 15) is 18.0 Å². The third-order valence-electron chi connectivity index (χ3n) is 4.51. The van der Waals surface area contributed by atoms with Crippen LogP contribution in [0.4, 0.5) is 11.4 Å². The lowest BCUT2D eigenvalue weighted by molar-refractivity contribution is -0.114. The summed E-state index contributed by atoms with van der Waals surface area (Å²) in [5.41, 5.74) is 0.896. The second kappa shape index (κ2) is 13.5. The number of hydrogen-bond donors (Lipinski definition) is 2. The van der Waals surface area contributed by atoms with Gasteiger partial charge < -0.3 is 20.1 Å². The van der Waals surface area contributed by atoms with Gasteiger partial charge in [0.1, 0.15) is 23.0 Å². The molecule has 0 aromatic heterocycles. The van der Waals surface area contributed by atoms with Crippen LogP contribution < -0.4 is 20.1 Å². The SMILES string of the molecule is CCCCOc1ccc(NC(=O)CS(=O)(=O)CC(=O)Nc2ccc(OCCCC)cc2)cc1. The van der Waals surface area contributed by atoms with Crippen LogP contribution in [0.15, 0.2) is 48.5 Å². The molecule has 0 atom stereocenters. The Bertz CT molecular complexity index is 913. The molecule has 0 heterocycles. The maximum atomic E-state index is 12.3. The standard InChI is InChI=1S/C24H32N2O6S/c1-3-5-15-31-21-11-7-19(8-12-21)25-23(27)17-33(29,30)18-24(28)26-20-9-13-22(14-10-20)32-16-6-4-2/h7-14H,3-6,15-18H2,1-2H3,(H,25,27)(H,26,28). The highest BCUT2D eigenvalue weighted by molar-refractivity contribution is 7.92. The molecule has 2 amide bonds. The molecular formula is C24H32N2O6S. The average molecular weight is 477 g/mol. The molecule has 2 N–H and O–H groups in total. The Labute approximate surface area is 195 Å². The summed E-state index contributed by atoms with van der Waals surface area (Å²) in [4.78, 5) is 24.3. The number of sulfone groups is 1. The fourth-order valence-corrected chi connectivity index (χ4v) is 3.83. The maximum absolute atomic E-state index is 12.3. The first-order valence-corrected chi connectivity index (χ1v) is 12.9. The van der Waals surface area contributed by atoms with E-state index in [2.05, 4.69) is 24.5 Å². The number of benzene rings is 2. The van der Waals surface area contributed by atoms with Crippen molar-refractivity contribution in [1.82, 2.24) is 0 Å². The molecule has 2 aromatic rings. The zero-order chi connectivity index (χ0) is 24.1. The van der Waals surface area contributed by atoms with E-state index in [1.807, 2.05) is 0 Å². The zero-order valence-electron chi connectivity index (χ0n) is 19.1. The number of unbranched alkanes of at least 4 members (excludes halogenated alkanes) is 2. The topological polar surface area (TPSA) is 111 Å². The van der Waals surface area contributed by atoms with Crippen LogP contribution in [-0.2, 0) is 19.4 Å². The number of nitrogens with one attached hydrogen (secondary N) is 2. The van der Waals surface area contributed by atoms with Crippen molar-refractivity contribution >= 4 is 33.0 Å². The van der Waals surface area contributed by atoms with Gasteiger partial charge in [-0.3, -0.25) is 9.59 Å². The molecule has 2 rings (SSSR count). The normalized spacial score (nSPS) is 11.0. The molecule has 9 heteroatoms. The Kier molecular flexibility index (Phi) is 10.7. The number of anilines is 2. The van der Waals surface area contributed by atoms with Crippen molar-refractivity contribution in [1.29, 1.82) is 0 Å². The lowest BCUT2D eigenvalue weighted by Gasteiger charge is -2.09. The predicted octanol–water partition coefficient (Wildman–Crippen LogP) is 4.04. The molecule has 0 unspecified atom stereocenters. The van der Waals surface area contributed by atoms with E-state index in [0.717, 1.165) is 25.7 Å². The largest absolute Gasteiger partial charge is 0.494 e. The van der Waals surface area contributed by atoms with Crippen LogP contribution in [0, 0.1) is 0 Å². The van der Waals surface area contributed by atoms with E-state index in [0.29, 0.717) is 36.1 Å². The Morgan fingerprint density at radius 1 is 0.697 bits per heavy atom. The van der Waals surface area contributed by atoms with E-state index >= 15 is 0 Å². The average Bonchev–Trinajstić information content (AvgIpc) is 2.75. The first-order valence-electron chi connectivity index (χ1n) is 11.1. The van der Waals surface area contributed by atoms with E-state index in [4.69, 9.17) is 9.47 Å². The molecule has 0 saturated heterocycles. The maximum Gasteiger partial charge on any atom is 0.239 e. The van der Waals surface area contributed by atoms with Gasteiger partial charge in [0.2, 0.25) is 11.8 Å². The van der Waals surface area contributed by atoms with Crippen molar-refractivity contribution in [2.75, 3.05) is 35.4 Å². The van der Waals surface area contributed by atoms with Crippen molar-refractivity contribution in [3.63, 3.8) is 0 Å². The number of amides is 2. The summed E-state index contributed by atoms with van der Waals surface area (Å²) in [6.45, 7) is 5.36. The second-order valence-electron chi connectivity index (χ2n) is 7.58. The smallest absolute Gasteiger partial charge is 0.239 e. The predicted molar refractivity (Wildman–Crippen MR) is 130 cm³/mol. The summed E-state index contributed by atoms with van der Waals surface area (Å²) in [5, 5.41) is 5.05. The molecule has 0 aliphatic carbocycles. The molecule has 33 heavy (non-hydrogen) atoms. The van der Waals surface area contributed by atoms with Crippen molar-refractivity contribution in [3.8, 4) is 11.5 Å². The van der Waals surface area contributed by atoms with Crippen LogP contribution in [0.5, 0.6) is 11.5 Å². The molecule has 0 bridgehead atoms. The van der Waals surface area contributed by atoms with Crippen LogP contribution in [0.1, 0.15) is 39.5 Å². The third-order valence-corrected chi connectivity index (χ3v) is 5.92. The second-order valence-corrected chi connectivity index (χ2v) is 9.65. The van der Waals surface area contributed by atoms with Crippen molar-refractivity contribution in [2.24, 2.45) is 0 Å². The van der Waals surface area contributed by atoms with Crippen LogP contribution in [0.3, 0.4) is 0 Å². The van der Waals surface area contributed by atoms with Crippen molar-refractivity contribution in [2.45, 2.75) is 39.5 Å². The molecule has 0 radical (unpaired) electrons. The number of carbonyl (C=O) groups excluding carboxylic acids is 2. The molecule has 0 saturated carbocycles. The number of rotatable bonds is 14. The van der Waals surface area contributed by atoms with Gasteiger partial charge in [-0.25, -0.2) is 8.42 Å². The minimum atomic E-state index is -3.94. The minimum Gasteiger partial charge on any atom is -0.494 e. The van der Waals surface area contributed by atoms with Gasteiger partial charge in [0.25, 0.3) is 0 Å². The third kappa shape index (κ3) is 10.4. The van der Waals surface area contributed by atoms with Gasteiger partial charge in [-0.1, -0.05) is 26.7 Å². The van der Waals surface area contributed by atoms with Crippen LogP contribution in [0.25, 0.3) is 0 Å². The summed E-state index contributed by atoms with van der Waals surface area (Å²) in [6.07, 6.45) is 3.95. The number of ether oxygens (including phenoxy) is 2. The van der Waals surface area contributed by atoms with Crippen LogP contribution >= 0.6 is 0 Å². The highest BCUT2D eigenvalue weighted by Crippen LogP contribution is 2.17. The number of hydrogen-bond acceptors (Lipinski definition) is 6. The Morgan fingerprint density at radius 2 is 1.06 bits per heavy atom. The zero-order valence-corrected chi connectivity index (χ0v) is 19.9. The summed E-state index contributed by atoms with van der Waals surface area (Å²) >= 11 is 0. The van der Waals surface area contributed by atoms with Gasteiger partial charge >= 0.3 is 0 Å². The van der Waals surface area contributed by atoms with E-state index < -0.39 is 33.2 Å².